The third-order valence-electron chi connectivity index (χ3n) is 2.93. The van der Waals surface area contributed by atoms with Gasteiger partial charge < -0.3 is 10.5 Å². The van der Waals surface area contributed by atoms with E-state index in [4.69, 9.17) is 10.5 Å². The molecule has 0 spiro atoms. The van der Waals surface area contributed by atoms with E-state index >= 15 is 0 Å². The van der Waals surface area contributed by atoms with Gasteiger partial charge in [0.2, 0.25) is 0 Å². The lowest BCUT2D eigenvalue weighted by atomic mass is 10.0. The quantitative estimate of drug-likeness (QED) is 0.910. The minimum Gasteiger partial charge on any atom is -0.489 e. The maximum atomic E-state index is 13.6. The highest BCUT2D eigenvalue weighted by Gasteiger charge is 2.11. The summed E-state index contributed by atoms with van der Waals surface area (Å²) in [5.74, 6) is 0.451. The second-order valence-corrected chi connectivity index (χ2v) is 5.02. The van der Waals surface area contributed by atoms with Crippen LogP contribution in [-0.2, 0) is 6.42 Å². The zero-order valence-corrected chi connectivity index (χ0v) is 11.7. The van der Waals surface area contributed by atoms with E-state index in [0.29, 0.717) is 17.7 Å². The van der Waals surface area contributed by atoms with Gasteiger partial charge in [0.25, 0.3) is 0 Å². The highest BCUT2D eigenvalue weighted by Crippen LogP contribution is 2.21. The molecule has 0 radical (unpaired) electrons. The van der Waals surface area contributed by atoms with Crippen LogP contribution in [0.1, 0.15) is 31.0 Å². The summed E-state index contributed by atoms with van der Waals surface area (Å²) in [5, 5.41) is 0. The highest BCUT2D eigenvalue weighted by atomic mass is 19.1. The van der Waals surface area contributed by atoms with Gasteiger partial charge in [0.15, 0.2) is 0 Å². The van der Waals surface area contributed by atoms with Crippen molar-refractivity contribution in [1.29, 1.82) is 0 Å². The summed E-state index contributed by atoms with van der Waals surface area (Å²) in [6, 6.07) is 8.22. The Labute approximate surface area is 118 Å². The summed E-state index contributed by atoms with van der Waals surface area (Å²) in [7, 11) is 0. The molecule has 0 saturated heterocycles. The Hall–Kier alpha value is -1.94. The van der Waals surface area contributed by atoms with Crippen molar-refractivity contribution in [3.63, 3.8) is 0 Å². The first kappa shape index (κ1) is 14.5. The van der Waals surface area contributed by atoms with Gasteiger partial charge >= 0.3 is 0 Å². The molecule has 1 aromatic heterocycles. The van der Waals surface area contributed by atoms with Gasteiger partial charge in [0.1, 0.15) is 11.6 Å². The Morgan fingerprint density at radius 2 is 2.00 bits per heavy atom. The molecule has 0 fully saturated rings. The minimum atomic E-state index is -0.310. The molecule has 2 N–H and O–H groups in total. The third-order valence-corrected chi connectivity index (χ3v) is 2.93. The summed E-state index contributed by atoms with van der Waals surface area (Å²) < 4.78 is 19.2. The highest BCUT2D eigenvalue weighted by molar-refractivity contribution is 5.28. The first-order valence-corrected chi connectivity index (χ1v) is 6.67. The lowest BCUT2D eigenvalue weighted by Crippen LogP contribution is -2.15. The number of aromatic nitrogens is 1. The number of pyridine rings is 1. The monoisotopic (exact) mass is 274 g/mol. The minimum absolute atomic E-state index is 0.0786. The third kappa shape index (κ3) is 3.78. The first-order valence-electron chi connectivity index (χ1n) is 6.67. The Morgan fingerprint density at radius 3 is 2.70 bits per heavy atom. The number of nitrogens with zero attached hydrogens (tertiary/aromatic N) is 1. The number of hydrogen-bond donors (Lipinski definition) is 1. The van der Waals surface area contributed by atoms with Crippen molar-refractivity contribution >= 4 is 0 Å². The molecule has 2 aromatic rings. The van der Waals surface area contributed by atoms with E-state index in [0.717, 1.165) is 5.56 Å². The summed E-state index contributed by atoms with van der Waals surface area (Å²) in [6.45, 7) is 3.90. The fourth-order valence-corrected chi connectivity index (χ4v) is 1.99. The molecule has 106 valence electrons. The van der Waals surface area contributed by atoms with Gasteiger partial charge in [-0.2, -0.15) is 0 Å². The lowest BCUT2D eigenvalue weighted by Gasteiger charge is -2.15. The molecular weight excluding hydrogens is 255 g/mol. The molecule has 0 amide bonds. The van der Waals surface area contributed by atoms with Gasteiger partial charge in [-0.15, -0.1) is 0 Å². The van der Waals surface area contributed by atoms with E-state index in [2.05, 4.69) is 4.98 Å². The predicted molar refractivity (Wildman–Crippen MR) is 77.0 cm³/mol. The van der Waals surface area contributed by atoms with Gasteiger partial charge in [-0.05, 0) is 43.5 Å². The van der Waals surface area contributed by atoms with Crippen LogP contribution in [0.5, 0.6) is 5.75 Å². The van der Waals surface area contributed by atoms with E-state index in [1.165, 1.54) is 6.07 Å². The molecule has 0 saturated carbocycles. The van der Waals surface area contributed by atoms with Crippen LogP contribution in [0.15, 0.2) is 42.7 Å². The van der Waals surface area contributed by atoms with Gasteiger partial charge in [0.05, 0.1) is 12.3 Å². The Morgan fingerprint density at radius 1 is 1.25 bits per heavy atom. The van der Waals surface area contributed by atoms with Crippen molar-refractivity contribution < 1.29 is 9.13 Å². The van der Waals surface area contributed by atoms with Crippen LogP contribution < -0.4 is 10.5 Å². The van der Waals surface area contributed by atoms with Crippen molar-refractivity contribution in [3.8, 4) is 5.75 Å². The van der Waals surface area contributed by atoms with Crippen molar-refractivity contribution in [3.05, 3.63) is 59.7 Å². The maximum Gasteiger partial charge on any atom is 0.138 e. The molecule has 1 unspecified atom stereocenters. The van der Waals surface area contributed by atoms with Crippen LogP contribution in [-0.4, -0.2) is 11.1 Å². The van der Waals surface area contributed by atoms with E-state index in [-0.39, 0.29) is 18.0 Å². The average Bonchev–Trinajstić information content (AvgIpc) is 2.41. The van der Waals surface area contributed by atoms with Gasteiger partial charge in [-0.1, -0.05) is 18.2 Å². The summed E-state index contributed by atoms with van der Waals surface area (Å²) in [4.78, 5) is 4.12. The molecule has 20 heavy (non-hydrogen) atoms. The standard InChI is InChI=1S/C16H19FN2O/c1-11(2)20-14-7-13(9-19-10-14)16(18)8-12-5-3-4-6-15(12)17/h3-7,9-11,16H,8,18H2,1-2H3. The molecule has 0 aliphatic heterocycles. The summed E-state index contributed by atoms with van der Waals surface area (Å²) in [6.07, 6.45) is 3.85. The Kier molecular flexibility index (Phi) is 4.69. The van der Waals surface area contributed by atoms with Crippen LogP contribution in [0.25, 0.3) is 0 Å². The van der Waals surface area contributed by atoms with Gasteiger partial charge in [0, 0.05) is 12.2 Å². The van der Waals surface area contributed by atoms with Crippen LogP contribution in [0.3, 0.4) is 0 Å². The average molecular weight is 274 g/mol. The smallest absolute Gasteiger partial charge is 0.138 e. The largest absolute Gasteiger partial charge is 0.489 e. The van der Waals surface area contributed by atoms with Gasteiger partial charge in [-0.25, -0.2) is 4.39 Å². The van der Waals surface area contributed by atoms with Crippen LogP contribution in [0, 0.1) is 5.82 Å². The van der Waals surface area contributed by atoms with E-state index < -0.39 is 0 Å². The number of ether oxygens (including phenoxy) is 1. The first-order chi connectivity index (χ1) is 9.56. The molecule has 4 heteroatoms. The molecule has 0 aliphatic carbocycles. The number of hydrogen-bond acceptors (Lipinski definition) is 3. The molecular formula is C16H19FN2O. The van der Waals surface area contributed by atoms with E-state index in [1.807, 2.05) is 26.0 Å². The van der Waals surface area contributed by atoms with Crippen molar-refractivity contribution in [1.82, 2.24) is 4.98 Å². The SMILES string of the molecule is CC(C)Oc1cncc(C(N)Cc2ccccc2F)c1. The number of nitrogens with two attached hydrogens (primary N) is 1. The van der Waals surface area contributed by atoms with Crippen molar-refractivity contribution in [2.45, 2.75) is 32.4 Å². The fraction of sp³-hybridized carbons (Fsp3) is 0.312. The topological polar surface area (TPSA) is 48.1 Å². The summed E-state index contributed by atoms with van der Waals surface area (Å²) >= 11 is 0. The lowest BCUT2D eigenvalue weighted by molar-refractivity contribution is 0.241. The number of benzene rings is 1. The van der Waals surface area contributed by atoms with Crippen LogP contribution in [0.2, 0.25) is 0 Å². The zero-order valence-electron chi connectivity index (χ0n) is 11.7. The van der Waals surface area contributed by atoms with E-state index in [1.54, 1.807) is 24.5 Å². The van der Waals surface area contributed by atoms with Crippen molar-refractivity contribution in [2.75, 3.05) is 0 Å². The molecule has 0 bridgehead atoms. The molecule has 2 rings (SSSR count). The normalized spacial score (nSPS) is 12.4. The molecule has 1 heterocycles. The fourth-order valence-electron chi connectivity index (χ4n) is 1.99. The Balaban J connectivity index is 2.13. The van der Waals surface area contributed by atoms with Gasteiger partial charge in [-0.3, -0.25) is 4.98 Å². The second-order valence-electron chi connectivity index (χ2n) is 5.02. The second kappa shape index (κ2) is 6.48. The molecule has 1 atom stereocenters. The number of halogens is 1. The number of rotatable bonds is 5. The van der Waals surface area contributed by atoms with Crippen LogP contribution >= 0.6 is 0 Å². The van der Waals surface area contributed by atoms with Crippen LogP contribution in [0.4, 0.5) is 4.39 Å². The summed E-state index contributed by atoms with van der Waals surface area (Å²) in [5.41, 5.74) is 7.58. The predicted octanol–water partition coefficient (Wildman–Crippen LogP) is 3.25. The molecule has 1 aromatic carbocycles. The Bertz CT molecular complexity index is 572. The maximum absolute atomic E-state index is 13.6. The molecule has 0 aliphatic rings. The molecule has 3 nitrogen and oxygen atoms in total. The van der Waals surface area contributed by atoms with E-state index in [9.17, 15) is 4.39 Å². The zero-order chi connectivity index (χ0) is 14.5. The van der Waals surface area contributed by atoms with Crippen molar-refractivity contribution in [2.24, 2.45) is 5.73 Å².